The lowest BCUT2D eigenvalue weighted by Crippen LogP contribution is -2.03. The maximum absolute atomic E-state index is 2.44. The van der Waals surface area contributed by atoms with Gasteiger partial charge in [0.2, 0.25) is 0 Å². The smallest absolute Gasteiger partial charge is 0.0149 e. The third-order valence-corrected chi connectivity index (χ3v) is 4.60. The van der Waals surface area contributed by atoms with E-state index >= 15 is 0 Å². The predicted octanol–water partition coefficient (Wildman–Crippen LogP) is 6.31. The molecule has 0 aromatic heterocycles. The highest BCUT2D eigenvalue weighted by Crippen LogP contribution is 2.33. The molecule has 1 unspecified atom stereocenters. The van der Waals surface area contributed by atoms with E-state index in [0.717, 1.165) is 0 Å². The number of hydrogen-bond acceptors (Lipinski definition) is 0. The second kappa shape index (κ2) is 6.43. The van der Waals surface area contributed by atoms with Crippen molar-refractivity contribution in [2.45, 2.75) is 66.2 Å². The van der Waals surface area contributed by atoms with Crippen molar-refractivity contribution in [3.05, 3.63) is 46.5 Å². The van der Waals surface area contributed by atoms with Crippen LogP contribution in [-0.2, 0) is 6.42 Å². The largest absolute Gasteiger partial charge is 0.0654 e. The second-order valence-electron chi connectivity index (χ2n) is 6.21. The fourth-order valence-electron chi connectivity index (χ4n) is 3.24. The molecule has 0 N–H and O–H groups in total. The summed E-state index contributed by atoms with van der Waals surface area (Å²) in [6.45, 7) is 11.5. The molecule has 0 amide bonds. The molecule has 2 aromatic rings. The van der Waals surface area contributed by atoms with E-state index in [2.05, 4.69) is 58.9 Å². The summed E-state index contributed by atoms with van der Waals surface area (Å²) < 4.78 is 0. The van der Waals surface area contributed by atoms with E-state index in [0.29, 0.717) is 5.92 Å². The van der Waals surface area contributed by atoms with Gasteiger partial charge in [0.25, 0.3) is 0 Å². The third-order valence-electron chi connectivity index (χ3n) is 4.60. The van der Waals surface area contributed by atoms with Gasteiger partial charge in [-0.3, -0.25) is 0 Å². The lowest BCUT2D eigenvalue weighted by molar-refractivity contribution is 0.705. The normalized spacial score (nSPS) is 12.8. The number of fused-ring (bicyclic) bond motifs is 1. The predicted molar refractivity (Wildman–Crippen MR) is 90.7 cm³/mol. The molecule has 0 bridgehead atoms. The minimum absolute atomic E-state index is 0.659. The fourth-order valence-corrected chi connectivity index (χ4v) is 3.24. The van der Waals surface area contributed by atoms with E-state index in [9.17, 15) is 0 Å². The first-order valence-electron chi connectivity index (χ1n) is 8.11. The monoisotopic (exact) mass is 268 g/mol. The Morgan fingerprint density at radius 3 is 2.45 bits per heavy atom. The van der Waals surface area contributed by atoms with Crippen LogP contribution in [0.5, 0.6) is 0 Å². The summed E-state index contributed by atoms with van der Waals surface area (Å²) in [6.07, 6.45) is 5.00. The Morgan fingerprint density at radius 1 is 1.05 bits per heavy atom. The summed E-state index contributed by atoms with van der Waals surface area (Å²) in [5.74, 6) is 0.659. The van der Waals surface area contributed by atoms with Crippen LogP contribution in [-0.4, -0.2) is 0 Å². The molecule has 0 heterocycles. The first kappa shape index (κ1) is 15.1. The number of benzene rings is 2. The van der Waals surface area contributed by atoms with Crippen molar-refractivity contribution in [1.29, 1.82) is 0 Å². The van der Waals surface area contributed by atoms with Gasteiger partial charge in [0, 0.05) is 0 Å². The fraction of sp³-hybridized carbons (Fsp3) is 0.500. The van der Waals surface area contributed by atoms with Gasteiger partial charge in [-0.1, -0.05) is 57.0 Å². The van der Waals surface area contributed by atoms with Crippen molar-refractivity contribution in [3.63, 3.8) is 0 Å². The summed E-state index contributed by atoms with van der Waals surface area (Å²) >= 11 is 0. The minimum atomic E-state index is 0.659. The number of aryl methyl sites for hydroxylation is 3. The molecule has 0 saturated heterocycles. The SMILES string of the molecule is CCCCc1cc2ccc(C)cc2c(C)c1C(C)CC. The van der Waals surface area contributed by atoms with Crippen LogP contribution in [0.4, 0.5) is 0 Å². The van der Waals surface area contributed by atoms with Gasteiger partial charge < -0.3 is 0 Å². The molecule has 0 heteroatoms. The molecular formula is C20H28. The van der Waals surface area contributed by atoms with E-state index in [1.807, 2.05) is 0 Å². The molecule has 2 rings (SSSR count). The molecule has 0 saturated carbocycles. The Bertz CT molecular complexity index is 593. The third kappa shape index (κ3) is 2.90. The molecule has 2 aromatic carbocycles. The lowest BCUT2D eigenvalue weighted by atomic mass is 9.84. The Labute approximate surface area is 124 Å². The highest BCUT2D eigenvalue weighted by Gasteiger charge is 2.15. The lowest BCUT2D eigenvalue weighted by Gasteiger charge is -2.20. The van der Waals surface area contributed by atoms with Crippen LogP contribution in [0.25, 0.3) is 10.8 Å². The van der Waals surface area contributed by atoms with Crippen LogP contribution in [0.15, 0.2) is 24.3 Å². The maximum atomic E-state index is 2.44. The van der Waals surface area contributed by atoms with Crippen LogP contribution in [0.3, 0.4) is 0 Å². The highest BCUT2D eigenvalue weighted by molar-refractivity contribution is 5.88. The Balaban J connectivity index is 2.66. The topological polar surface area (TPSA) is 0 Å². The first-order valence-corrected chi connectivity index (χ1v) is 8.11. The highest BCUT2D eigenvalue weighted by atomic mass is 14.2. The number of hydrogen-bond donors (Lipinski definition) is 0. The number of rotatable bonds is 5. The summed E-state index contributed by atoms with van der Waals surface area (Å²) in [6, 6.07) is 9.31. The van der Waals surface area contributed by atoms with Gasteiger partial charge in [0.05, 0.1) is 0 Å². The Kier molecular flexibility index (Phi) is 4.86. The zero-order chi connectivity index (χ0) is 14.7. The molecule has 0 aliphatic heterocycles. The van der Waals surface area contributed by atoms with E-state index in [4.69, 9.17) is 0 Å². The standard InChI is InChI=1S/C20H28/c1-6-8-9-18-13-17-11-10-14(3)12-19(17)16(5)20(18)15(4)7-2/h10-13,15H,6-9H2,1-5H3. The molecule has 0 nitrogen and oxygen atoms in total. The van der Waals surface area contributed by atoms with E-state index in [-0.39, 0.29) is 0 Å². The van der Waals surface area contributed by atoms with E-state index in [1.54, 1.807) is 11.1 Å². The molecule has 0 radical (unpaired) electrons. The van der Waals surface area contributed by atoms with Crippen molar-refractivity contribution >= 4 is 10.8 Å². The van der Waals surface area contributed by atoms with Crippen LogP contribution >= 0.6 is 0 Å². The summed E-state index contributed by atoms with van der Waals surface area (Å²) in [7, 11) is 0. The summed E-state index contributed by atoms with van der Waals surface area (Å²) in [5.41, 5.74) is 6.05. The molecule has 0 spiro atoms. The Hall–Kier alpha value is -1.30. The van der Waals surface area contributed by atoms with E-state index in [1.165, 1.54) is 47.6 Å². The van der Waals surface area contributed by atoms with Crippen LogP contribution < -0.4 is 0 Å². The molecule has 1 atom stereocenters. The van der Waals surface area contributed by atoms with Crippen LogP contribution in [0, 0.1) is 13.8 Å². The van der Waals surface area contributed by atoms with Crippen LogP contribution in [0.1, 0.15) is 68.2 Å². The van der Waals surface area contributed by atoms with Crippen molar-refractivity contribution in [3.8, 4) is 0 Å². The quantitative estimate of drug-likeness (QED) is 0.596. The molecule has 0 fully saturated rings. The zero-order valence-electron chi connectivity index (χ0n) is 13.7. The van der Waals surface area contributed by atoms with Crippen molar-refractivity contribution in [1.82, 2.24) is 0 Å². The number of unbranched alkanes of at least 4 members (excludes halogenated alkanes) is 1. The average Bonchev–Trinajstić information content (AvgIpc) is 2.45. The maximum Gasteiger partial charge on any atom is -0.0149 e. The van der Waals surface area contributed by atoms with Gasteiger partial charge in [0.15, 0.2) is 0 Å². The molecule has 108 valence electrons. The van der Waals surface area contributed by atoms with Gasteiger partial charge >= 0.3 is 0 Å². The Morgan fingerprint density at radius 2 is 1.80 bits per heavy atom. The molecule has 0 aliphatic carbocycles. The minimum Gasteiger partial charge on any atom is -0.0654 e. The first-order chi connectivity index (χ1) is 9.58. The second-order valence-corrected chi connectivity index (χ2v) is 6.21. The summed E-state index contributed by atoms with van der Waals surface area (Å²) in [4.78, 5) is 0. The van der Waals surface area contributed by atoms with Gasteiger partial charge in [0.1, 0.15) is 0 Å². The van der Waals surface area contributed by atoms with Gasteiger partial charge in [-0.2, -0.15) is 0 Å². The van der Waals surface area contributed by atoms with Crippen molar-refractivity contribution in [2.75, 3.05) is 0 Å². The average molecular weight is 268 g/mol. The molecular weight excluding hydrogens is 240 g/mol. The van der Waals surface area contributed by atoms with E-state index < -0.39 is 0 Å². The van der Waals surface area contributed by atoms with Gasteiger partial charge in [-0.05, 0) is 66.5 Å². The van der Waals surface area contributed by atoms with Gasteiger partial charge in [-0.25, -0.2) is 0 Å². The van der Waals surface area contributed by atoms with Crippen LogP contribution in [0.2, 0.25) is 0 Å². The summed E-state index contributed by atoms with van der Waals surface area (Å²) in [5, 5.41) is 2.85. The zero-order valence-corrected chi connectivity index (χ0v) is 13.7. The van der Waals surface area contributed by atoms with Gasteiger partial charge in [-0.15, -0.1) is 0 Å². The van der Waals surface area contributed by atoms with Crippen molar-refractivity contribution in [2.24, 2.45) is 0 Å². The van der Waals surface area contributed by atoms with Crippen molar-refractivity contribution < 1.29 is 0 Å². The molecule has 0 aliphatic rings. The molecule has 20 heavy (non-hydrogen) atoms.